The number of halogens is 3. The second-order valence-corrected chi connectivity index (χ2v) is 5.38. The first-order valence-electron chi connectivity index (χ1n) is 5.80. The zero-order valence-electron chi connectivity index (χ0n) is 9.96. The minimum atomic E-state index is -0.480. The Balaban J connectivity index is 2.38. The Hall–Kier alpha value is -0.860. The second-order valence-electron chi connectivity index (χ2n) is 4.09. The van der Waals surface area contributed by atoms with Crippen LogP contribution in [0.1, 0.15) is 29.0 Å². The summed E-state index contributed by atoms with van der Waals surface area (Å²) in [6.07, 6.45) is 0.983. The fraction of sp³-hybridized carbons (Fsp3) is 0.200. The molecule has 0 aromatic heterocycles. The van der Waals surface area contributed by atoms with Crippen LogP contribution < -0.4 is 0 Å². The van der Waals surface area contributed by atoms with Gasteiger partial charge in [0.05, 0.1) is 5.38 Å². The summed E-state index contributed by atoms with van der Waals surface area (Å²) in [5.74, 6) is -0.288. The molecule has 0 radical (unpaired) electrons. The molecular weight excluding hydrogens is 315 g/mol. The van der Waals surface area contributed by atoms with Gasteiger partial charge in [-0.2, -0.15) is 0 Å². The van der Waals surface area contributed by atoms with Crippen molar-refractivity contribution in [3.8, 4) is 0 Å². The second kappa shape index (κ2) is 5.85. The van der Waals surface area contributed by atoms with Crippen LogP contribution in [-0.2, 0) is 6.42 Å². The van der Waals surface area contributed by atoms with Crippen LogP contribution in [0.2, 0.25) is 0 Å². The van der Waals surface area contributed by atoms with Crippen LogP contribution in [0.25, 0.3) is 0 Å². The largest absolute Gasteiger partial charge is 0.207 e. The SMILES string of the molecule is CCc1ccc(C(Cl)c2c(F)cccc2Br)cc1. The predicted octanol–water partition coefficient (Wildman–Crippen LogP) is 5.48. The summed E-state index contributed by atoms with van der Waals surface area (Å²) in [5.41, 5.74) is 2.64. The van der Waals surface area contributed by atoms with Gasteiger partial charge >= 0.3 is 0 Å². The van der Waals surface area contributed by atoms with Gasteiger partial charge in [0, 0.05) is 10.0 Å². The van der Waals surface area contributed by atoms with E-state index in [1.807, 2.05) is 24.3 Å². The summed E-state index contributed by atoms with van der Waals surface area (Å²) >= 11 is 9.72. The number of hydrogen-bond donors (Lipinski definition) is 0. The summed E-state index contributed by atoms with van der Waals surface area (Å²) in [7, 11) is 0. The molecule has 94 valence electrons. The van der Waals surface area contributed by atoms with Crippen molar-refractivity contribution >= 4 is 27.5 Å². The maximum absolute atomic E-state index is 13.8. The third-order valence-electron chi connectivity index (χ3n) is 2.93. The van der Waals surface area contributed by atoms with E-state index in [0.29, 0.717) is 10.0 Å². The molecule has 1 atom stereocenters. The average Bonchev–Trinajstić information content (AvgIpc) is 2.38. The molecule has 0 saturated heterocycles. The number of aryl methyl sites for hydroxylation is 1. The molecular formula is C15H13BrClF. The molecule has 0 amide bonds. The van der Waals surface area contributed by atoms with Gasteiger partial charge in [0.25, 0.3) is 0 Å². The normalized spacial score (nSPS) is 12.4. The maximum atomic E-state index is 13.8. The standard InChI is InChI=1S/C15H13BrClF/c1-2-10-6-8-11(9-7-10)15(17)14-12(16)4-3-5-13(14)18/h3-9,15H,2H2,1H3. The topological polar surface area (TPSA) is 0 Å². The fourth-order valence-electron chi connectivity index (χ4n) is 1.84. The molecule has 0 aliphatic heterocycles. The summed E-state index contributed by atoms with van der Waals surface area (Å²) in [6, 6.07) is 12.8. The van der Waals surface area contributed by atoms with Gasteiger partial charge < -0.3 is 0 Å². The van der Waals surface area contributed by atoms with Crippen LogP contribution in [0.3, 0.4) is 0 Å². The molecule has 2 aromatic carbocycles. The Bertz CT molecular complexity index is 516. The fourth-order valence-corrected chi connectivity index (χ4v) is 2.91. The van der Waals surface area contributed by atoms with E-state index in [1.165, 1.54) is 11.6 Å². The molecule has 18 heavy (non-hydrogen) atoms. The van der Waals surface area contributed by atoms with Crippen LogP contribution in [0.4, 0.5) is 4.39 Å². The minimum absolute atomic E-state index is 0.288. The predicted molar refractivity (Wildman–Crippen MR) is 77.6 cm³/mol. The molecule has 0 N–H and O–H groups in total. The molecule has 0 aliphatic carbocycles. The smallest absolute Gasteiger partial charge is 0.129 e. The van der Waals surface area contributed by atoms with Gasteiger partial charge in [-0.3, -0.25) is 0 Å². The summed E-state index contributed by atoms with van der Waals surface area (Å²) in [4.78, 5) is 0. The molecule has 0 bridgehead atoms. The molecule has 1 unspecified atom stereocenters. The van der Waals surface area contributed by atoms with Crippen molar-refractivity contribution in [3.63, 3.8) is 0 Å². The van der Waals surface area contributed by atoms with Crippen molar-refractivity contribution in [2.45, 2.75) is 18.7 Å². The third-order valence-corrected chi connectivity index (χ3v) is 4.10. The molecule has 2 aromatic rings. The Morgan fingerprint density at radius 3 is 2.39 bits per heavy atom. The van der Waals surface area contributed by atoms with Crippen LogP contribution in [0, 0.1) is 5.82 Å². The summed E-state index contributed by atoms with van der Waals surface area (Å²) in [6.45, 7) is 2.10. The lowest BCUT2D eigenvalue weighted by molar-refractivity contribution is 0.611. The van der Waals surface area contributed by atoms with Gasteiger partial charge in [-0.15, -0.1) is 11.6 Å². The van der Waals surface area contributed by atoms with Gasteiger partial charge in [0.15, 0.2) is 0 Å². The van der Waals surface area contributed by atoms with Crippen molar-refractivity contribution < 1.29 is 4.39 Å². The summed E-state index contributed by atoms with van der Waals surface area (Å²) < 4.78 is 14.5. The zero-order chi connectivity index (χ0) is 13.1. The lowest BCUT2D eigenvalue weighted by Gasteiger charge is -2.13. The van der Waals surface area contributed by atoms with Crippen molar-refractivity contribution in [1.82, 2.24) is 0 Å². The van der Waals surface area contributed by atoms with E-state index >= 15 is 0 Å². The van der Waals surface area contributed by atoms with Crippen molar-refractivity contribution in [2.75, 3.05) is 0 Å². The van der Waals surface area contributed by atoms with E-state index in [4.69, 9.17) is 11.6 Å². The minimum Gasteiger partial charge on any atom is -0.207 e. The number of rotatable bonds is 3. The molecule has 0 fully saturated rings. The van der Waals surface area contributed by atoms with E-state index < -0.39 is 5.38 Å². The van der Waals surface area contributed by atoms with Crippen molar-refractivity contribution in [3.05, 3.63) is 69.4 Å². The quantitative estimate of drug-likeness (QED) is 0.655. The Kier molecular flexibility index (Phi) is 4.41. The summed E-state index contributed by atoms with van der Waals surface area (Å²) in [5, 5.41) is -0.480. The monoisotopic (exact) mass is 326 g/mol. The van der Waals surface area contributed by atoms with Crippen LogP contribution in [0.5, 0.6) is 0 Å². The first-order chi connectivity index (χ1) is 8.63. The number of benzene rings is 2. The van der Waals surface area contributed by atoms with Gasteiger partial charge in [0.2, 0.25) is 0 Å². The molecule has 0 spiro atoms. The van der Waals surface area contributed by atoms with E-state index in [9.17, 15) is 4.39 Å². The molecule has 0 saturated carbocycles. The Morgan fingerprint density at radius 1 is 1.17 bits per heavy atom. The molecule has 3 heteroatoms. The zero-order valence-corrected chi connectivity index (χ0v) is 12.3. The first-order valence-corrected chi connectivity index (χ1v) is 7.03. The number of hydrogen-bond acceptors (Lipinski definition) is 0. The lowest BCUT2D eigenvalue weighted by Crippen LogP contribution is -1.98. The average molecular weight is 328 g/mol. The number of alkyl halides is 1. The van der Waals surface area contributed by atoms with E-state index in [1.54, 1.807) is 12.1 Å². The molecule has 0 nitrogen and oxygen atoms in total. The lowest BCUT2D eigenvalue weighted by atomic mass is 10.0. The van der Waals surface area contributed by atoms with E-state index in [0.717, 1.165) is 12.0 Å². The van der Waals surface area contributed by atoms with E-state index in [2.05, 4.69) is 22.9 Å². The molecule has 0 heterocycles. The van der Waals surface area contributed by atoms with Crippen LogP contribution in [0.15, 0.2) is 46.9 Å². The first kappa shape index (κ1) is 13.6. The highest BCUT2D eigenvalue weighted by molar-refractivity contribution is 9.10. The van der Waals surface area contributed by atoms with Crippen LogP contribution in [-0.4, -0.2) is 0 Å². The molecule has 2 rings (SSSR count). The van der Waals surface area contributed by atoms with Crippen molar-refractivity contribution in [1.29, 1.82) is 0 Å². The van der Waals surface area contributed by atoms with Gasteiger partial charge in [0.1, 0.15) is 5.82 Å². The maximum Gasteiger partial charge on any atom is 0.129 e. The molecule has 0 aliphatic rings. The van der Waals surface area contributed by atoms with E-state index in [-0.39, 0.29) is 5.82 Å². The van der Waals surface area contributed by atoms with Crippen molar-refractivity contribution in [2.24, 2.45) is 0 Å². The Morgan fingerprint density at radius 2 is 1.83 bits per heavy atom. The van der Waals surface area contributed by atoms with Gasteiger partial charge in [-0.05, 0) is 29.7 Å². The van der Waals surface area contributed by atoms with Crippen LogP contribution >= 0.6 is 27.5 Å². The van der Waals surface area contributed by atoms with Gasteiger partial charge in [-0.1, -0.05) is 53.2 Å². The highest BCUT2D eigenvalue weighted by atomic mass is 79.9. The highest BCUT2D eigenvalue weighted by Crippen LogP contribution is 2.35. The third kappa shape index (κ3) is 2.76. The highest BCUT2D eigenvalue weighted by Gasteiger charge is 2.18. The Labute approximate surface area is 120 Å². The van der Waals surface area contributed by atoms with Gasteiger partial charge in [-0.25, -0.2) is 4.39 Å².